The van der Waals surface area contributed by atoms with E-state index in [9.17, 15) is 4.39 Å². The summed E-state index contributed by atoms with van der Waals surface area (Å²) in [5, 5.41) is 4.36. The summed E-state index contributed by atoms with van der Waals surface area (Å²) >= 11 is 1.46. The van der Waals surface area contributed by atoms with Crippen LogP contribution in [0.5, 0.6) is 0 Å². The number of hydrogen-bond donors (Lipinski definition) is 2. The van der Waals surface area contributed by atoms with Crippen molar-refractivity contribution in [3.05, 3.63) is 52.6 Å². The maximum atomic E-state index is 14.2. The fourth-order valence-electron chi connectivity index (χ4n) is 2.28. The number of hydrazine groups is 1. The minimum atomic E-state index is -0.802. The number of aromatic nitrogens is 2. The van der Waals surface area contributed by atoms with Gasteiger partial charge in [-0.2, -0.15) is 0 Å². The normalized spacial score (nSPS) is 15.1. The number of nitrogens with one attached hydrogen (secondary N) is 1. The van der Waals surface area contributed by atoms with Crippen LogP contribution in [0.1, 0.15) is 24.5 Å². The highest BCUT2D eigenvalue weighted by Gasteiger charge is 2.37. The largest absolute Gasteiger partial charge is 0.368 e. The molecule has 3 heterocycles. The van der Waals surface area contributed by atoms with Crippen molar-refractivity contribution in [2.45, 2.75) is 19.4 Å². The van der Waals surface area contributed by atoms with Crippen molar-refractivity contribution in [1.82, 2.24) is 20.4 Å². The smallest absolute Gasteiger partial charge is 0.212 e. The number of thiazole rings is 1. The van der Waals surface area contributed by atoms with Crippen LogP contribution in [0.25, 0.3) is 5.70 Å². The molecule has 2 aromatic rings. The second-order valence-electron chi connectivity index (χ2n) is 5.21. The topological polar surface area (TPSA) is 79.4 Å². The van der Waals surface area contributed by atoms with Crippen LogP contribution in [0.4, 0.5) is 4.39 Å². The molecule has 0 atom stereocenters. The van der Waals surface area contributed by atoms with E-state index >= 15 is 0 Å². The molecule has 0 saturated heterocycles. The molecule has 0 bridgehead atoms. The van der Waals surface area contributed by atoms with E-state index in [-0.39, 0.29) is 11.8 Å². The van der Waals surface area contributed by atoms with Gasteiger partial charge in [-0.3, -0.25) is 15.4 Å². The summed E-state index contributed by atoms with van der Waals surface area (Å²) in [5.41, 5.74) is 8.96. The molecule has 0 spiro atoms. The zero-order chi connectivity index (χ0) is 15.7. The van der Waals surface area contributed by atoms with Crippen LogP contribution in [0.2, 0.25) is 0 Å². The maximum absolute atomic E-state index is 14.2. The van der Waals surface area contributed by atoms with Crippen molar-refractivity contribution in [1.29, 1.82) is 0 Å². The average molecular weight is 318 g/mol. The Morgan fingerprint density at radius 3 is 2.82 bits per heavy atom. The van der Waals surface area contributed by atoms with Crippen LogP contribution < -0.4 is 11.2 Å². The van der Waals surface area contributed by atoms with Gasteiger partial charge in [0.1, 0.15) is 27.8 Å². The van der Waals surface area contributed by atoms with Crippen LogP contribution >= 0.6 is 11.3 Å². The summed E-state index contributed by atoms with van der Waals surface area (Å²) in [4.78, 5) is 12.6. The highest BCUT2D eigenvalue weighted by Crippen LogP contribution is 2.35. The molecule has 0 saturated carbocycles. The van der Waals surface area contributed by atoms with Crippen molar-refractivity contribution >= 4 is 23.0 Å². The Labute approximate surface area is 131 Å². The standard InChI is InChI=1S/C14H15FN6S/c1-14(2,11-9(15)4-3-5-17-11)21-10(8-19-13(16)20-21)12-18-6-7-22-12/h3-8H,1-2H3,(H3,16,19,20). The van der Waals surface area contributed by atoms with Gasteiger partial charge < -0.3 is 5.73 Å². The minimum Gasteiger partial charge on any atom is -0.368 e. The number of rotatable bonds is 3. The summed E-state index contributed by atoms with van der Waals surface area (Å²) < 4.78 is 14.2. The molecule has 3 N–H and O–H groups in total. The zero-order valence-electron chi connectivity index (χ0n) is 12.1. The van der Waals surface area contributed by atoms with E-state index in [1.54, 1.807) is 29.7 Å². The van der Waals surface area contributed by atoms with E-state index in [2.05, 4.69) is 20.4 Å². The lowest BCUT2D eigenvalue weighted by molar-refractivity contribution is 0.155. The number of nitrogens with two attached hydrogens (primary N) is 1. The first kappa shape index (κ1) is 14.5. The molecule has 2 aromatic heterocycles. The molecule has 8 heteroatoms. The quantitative estimate of drug-likeness (QED) is 0.905. The van der Waals surface area contributed by atoms with Crippen molar-refractivity contribution < 1.29 is 4.39 Å². The van der Waals surface area contributed by atoms with Crippen LogP contribution in [-0.4, -0.2) is 20.9 Å². The molecule has 22 heavy (non-hydrogen) atoms. The second kappa shape index (κ2) is 5.38. The van der Waals surface area contributed by atoms with Gasteiger partial charge in [-0.15, -0.1) is 11.3 Å². The van der Waals surface area contributed by atoms with Crippen LogP contribution in [0, 0.1) is 5.82 Å². The highest BCUT2D eigenvalue weighted by molar-refractivity contribution is 7.10. The van der Waals surface area contributed by atoms with Crippen molar-refractivity contribution in [2.24, 2.45) is 10.7 Å². The second-order valence-corrected chi connectivity index (χ2v) is 6.10. The summed E-state index contributed by atoms with van der Waals surface area (Å²) in [6.07, 6.45) is 4.89. The number of nitrogens with zero attached hydrogens (tertiary/aromatic N) is 4. The first-order valence-electron chi connectivity index (χ1n) is 6.61. The molecule has 0 unspecified atom stereocenters. The summed E-state index contributed by atoms with van der Waals surface area (Å²) in [6, 6.07) is 2.95. The van der Waals surface area contributed by atoms with Gasteiger partial charge in [0.2, 0.25) is 5.96 Å². The molecule has 0 aliphatic carbocycles. The van der Waals surface area contributed by atoms with Crippen LogP contribution in [0.15, 0.2) is 41.1 Å². The first-order valence-corrected chi connectivity index (χ1v) is 7.49. The predicted octanol–water partition coefficient (Wildman–Crippen LogP) is 2.05. The lowest BCUT2D eigenvalue weighted by Gasteiger charge is -2.41. The minimum absolute atomic E-state index is 0.227. The van der Waals surface area contributed by atoms with E-state index in [0.717, 1.165) is 5.01 Å². The van der Waals surface area contributed by atoms with E-state index in [1.165, 1.54) is 17.4 Å². The lowest BCUT2D eigenvalue weighted by Crippen LogP contribution is -2.55. The Hall–Kier alpha value is -2.48. The third-order valence-electron chi connectivity index (χ3n) is 3.34. The molecule has 1 aliphatic rings. The van der Waals surface area contributed by atoms with Crippen LogP contribution in [0.3, 0.4) is 0 Å². The molecule has 114 valence electrons. The predicted molar refractivity (Wildman–Crippen MR) is 83.9 cm³/mol. The third-order valence-corrected chi connectivity index (χ3v) is 4.14. The Bertz CT molecular complexity index is 738. The van der Waals surface area contributed by atoms with Crippen LogP contribution in [-0.2, 0) is 5.54 Å². The molecule has 0 amide bonds. The van der Waals surface area contributed by atoms with Gasteiger partial charge in [0.15, 0.2) is 0 Å². The third kappa shape index (κ3) is 2.41. The maximum Gasteiger partial charge on any atom is 0.212 e. The Morgan fingerprint density at radius 1 is 1.32 bits per heavy atom. The van der Waals surface area contributed by atoms with E-state index in [4.69, 9.17) is 5.73 Å². The Morgan fingerprint density at radius 2 is 2.14 bits per heavy atom. The van der Waals surface area contributed by atoms with Gasteiger partial charge in [0.25, 0.3) is 0 Å². The number of pyridine rings is 1. The number of hydrogen-bond acceptors (Lipinski definition) is 7. The molecule has 3 rings (SSSR count). The number of aliphatic imine (C=N–C) groups is 1. The fourth-order valence-corrected chi connectivity index (χ4v) is 2.91. The van der Waals surface area contributed by atoms with E-state index < -0.39 is 5.54 Å². The van der Waals surface area contributed by atoms with Gasteiger partial charge in [-0.1, -0.05) is 0 Å². The lowest BCUT2D eigenvalue weighted by atomic mass is 9.97. The Kier molecular flexibility index (Phi) is 3.53. The molecule has 0 aromatic carbocycles. The first-order chi connectivity index (χ1) is 10.5. The molecule has 0 radical (unpaired) electrons. The fraction of sp³-hybridized carbons (Fsp3) is 0.214. The average Bonchev–Trinajstić information content (AvgIpc) is 3.01. The van der Waals surface area contributed by atoms with Gasteiger partial charge in [0, 0.05) is 17.8 Å². The number of halogens is 1. The Balaban J connectivity index is 2.07. The van der Waals surface area contributed by atoms with Gasteiger partial charge >= 0.3 is 0 Å². The van der Waals surface area contributed by atoms with Gasteiger partial charge in [-0.25, -0.2) is 14.4 Å². The van der Waals surface area contributed by atoms with E-state index in [0.29, 0.717) is 11.4 Å². The zero-order valence-corrected chi connectivity index (χ0v) is 12.9. The van der Waals surface area contributed by atoms with Gasteiger partial charge in [-0.05, 0) is 26.0 Å². The van der Waals surface area contributed by atoms with Crippen molar-refractivity contribution in [3.8, 4) is 0 Å². The van der Waals surface area contributed by atoms with Crippen molar-refractivity contribution in [2.75, 3.05) is 0 Å². The monoisotopic (exact) mass is 318 g/mol. The molecule has 1 aliphatic heterocycles. The van der Waals surface area contributed by atoms with E-state index in [1.807, 2.05) is 19.2 Å². The summed E-state index contributed by atoms with van der Waals surface area (Å²) in [5.74, 6) is -0.154. The number of guanidine groups is 1. The summed E-state index contributed by atoms with van der Waals surface area (Å²) in [7, 11) is 0. The highest BCUT2D eigenvalue weighted by atomic mass is 32.1. The SMILES string of the molecule is CC(C)(c1ncccc1F)N1NC(N)=NC=C1c1nccs1. The molecule has 6 nitrogen and oxygen atoms in total. The van der Waals surface area contributed by atoms with Gasteiger partial charge in [0.05, 0.1) is 6.20 Å². The van der Waals surface area contributed by atoms with Crippen molar-refractivity contribution in [3.63, 3.8) is 0 Å². The molecule has 0 fully saturated rings. The summed E-state index contributed by atoms with van der Waals surface area (Å²) in [6.45, 7) is 3.71. The molecular weight excluding hydrogens is 303 g/mol. The molecular formula is C14H15FN6S.